The summed E-state index contributed by atoms with van der Waals surface area (Å²) in [7, 11) is 4.42. The van der Waals surface area contributed by atoms with Crippen LogP contribution in [0.3, 0.4) is 0 Å². The van der Waals surface area contributed by atoms with E-state index >= 15 is 0 Å². The van der Waals surface area contributed by atoms with Crippen molar-refractivity contribution in [2.75, 3.05) is 0 Å². The van der Waals surface area contributed by atoms with Gasteiger partial charge in [0.1, 0.15) is 0 Å². The highest BCUT2D eigenvalue weighted by atomic mass is 15.0. The Morgan fingerprint density at radius 2 is 0.792 bits per heavy atom. The average Bonchev–Trinajstić information content (AvgIpc) is 1.53. The normalized spacial score (nSPS) is 13.0. The fourth-order valence-corrected chi connectivity index (χ4v) is 19.2. The molecule has 2 aliphatic rings. The van der Waals surface area contributed by atoms with Crippen LogP contribution in [-0.4, -0.2) is 25.0 Å². The zero-order chi connectivity index (χ0) is 67.1. The number of para-hydroxylation sites is 2. The van der Waals surface area contributed by atoms with Crippen LogP contribution in [-0.2, 0) is 24.9 Å². The summed E-state index contributed by atoms with van der Waals surface area (Å²) in [6, 6.07) is 112. The highest BCUT2D eigenvalue weighted by molar-refractivity contribution is 7.00. The second-order valence-electron chi connectivity index (χ2n) is 30.0. The van der Waals surface area contributed by atoms with Crippen molar-refractivity contribution in [3.05, 3.63) is 320 Å². The zero-order valence-electron chi connectivity index (χ0n) is 57.2. The van der Waals surface area contributed by atoms with Crippen molar-refractivity contribution in [3.63, 3.8) is 0 Å². The summed E-state index contributed by atoms with van der Waals surface area (Å²) in [5, 5.41) is 22.9. The van der Waals surface area contributed by atoms with Gasteiger partial charge in [0.2, 0.25) is 0 Å². The minimum Gasteiger partial charge on any atom is -0.350 e. The van der Waals surface area contributed by atoms with Crippen molar-refractivity contribution in [2.45, 2.75) is 38.5 Å². The minimum atomic E-state index is -0.373. The first-order valence-corrected chi connectivity index (χ1v) is 35.7. The molecule has 22 rings (SSSR count). The van der Waals surface area contributed by atoms with E-state index in [1.807, 2.05) is 0 Å². The van der Waals surface area contributed by atoms with E-state index < -0.39 is 0 Å². The number of rotatable bonds is 7. The lowest BCUT2D eigenvalue weighted by molar-refractivity contribution is 0.641. The van der Waals surface area contributed by atoms with Crippen LogP contribution in [0.25, 0.3) is 175 Å². The number of hydrogen-bond donors (Lipinski definition) is 0. The first-order chi connectivity index (χ1) is 49.5. The third-order valence-corrected chi connectivity index (χ3v) is 24.3. The second-order valence-corrected chi connectivity index (χ2v) is 30.0. The van der Waals surface area contributed by atoms with Gasteiger partial charge in [-0.3, -0.25) is 0 Å². The monoisotopic (exact) mass is 1290 g/mol. The molecule has 2 aliphatic heterocycles. The van der Waals surface area contributed by atoms with E-state index in [0.29, 0.717) is 0 Å². The Balaban J connectivity index is 0.970. The smallest absolute Gasteiger partial charge is 0.252 e. The Hall–Kier alpha value is -12.2. The van der Waals surface area contributed by atoms with Crippen molar-refractivity contribution in [1.82, 2.24) is 18.3 Å². The topological polar surface area (TPSA) is 19.7 Å². The van der Waals surface area contributed by atoms with E-state index in [1.54, 1.807) is 0 Å². The SMILES string of the molecule is Cn1cc(-c2ccc(-c3cc4ccccc4n3C)cc2-c2cc3c4c(c2)-n2c5ccc6c7ccccc7c7ccccc7c6c5c5c6c7ccccc7c7ccccc7c6cc(c52)B4c2cc(C(C)(C)c4ccccc4)cc4c5cc(C(C)(C)c6ccccc6)ccc5n-3c24)c2ccccc21. The maximum absolute atomic E-state index is 2.77. The Bertz CT molecular complexity index is 7060. The number of hydrogen-bond acceptors (Lipinski definition) is 0. The maximum Gasteiger partial charge on any atom is 0.252 e. The van der Waals surface area contributed by atoms with Crippen LogP contribution >= 0.6 is 0 Å². The molecule has 4 nitrogen and oxygen atoms in total. The summed E-state index contributed by atoms with van der Waals surface area (Å²) in [6.45, 7) is 9.48. The molecule has 4 aromatic heterocycles. The molecule has 5 heteroatoms. The number of nitrogens with zero attached hydrogens (tertiary/aromatic N) is 4. The van der Waals surface area contributed by atoms with Gasteiger partial charge < -0.3 is 18.3 Å². The van der Waals surface area contributed by atoms with Crippen molar-refractivity contribution >= 4 is 153 Å². The van der Waals surface area contributed by atoms with Crippen LogP contribution in [0, 0.1) is 0 Å². The highest BCUT2D eigenvalue weighted by Gasteiger charge is 2.44. The standard InChI is InChI=1S/C96H67BN4/c1-95(2,59-26-9-7-10-27-59)61-42-45-83-75(51-61)77-52-62(96(3,4)60-28-11-8-12-29-60)53-79-93(77)100(83)86-49-58(74-47-57(85-48-56-25-13-23-39-81(56)99(85)6)41-43-69(74)78-55-98(5)82-40-24-22-36-70(78)82)50-87-92(86)97(79)80-54-76-68-35-17-15-31-64(68)66-33-19-21-38-72(66)89(76)91-90-84(101(87)94(80)91)46-44-73-67-34-16-14-30-63(67)65-32-18-20-37-71(65)88(73)90/h7-55H,1-6H3. The van der Waals surface area contributed by atoms with Crippen molar-refractivity contribution < 1.29 is 0 Å². The fraction of sp³-hybridized carbons (Fsp3) is 0.0833. The molecule has 101 heavy (non-hydrogen) atoms. The van der Waals surface area contributed by atoms with Crippen LogP contribution in [0.1, 0.15) is 49.9 Å². The van der Waals surface area contributed by atoms with E-state index in [4.69, 9.17) is 0 Å². The third-order valence-electron chi connectivity index (χ3n) is 24.3. The summed E-state index contributed by atoms with van der Waals surface area (Å²) in [6.07, 6.45) is 2.36. The third kappa shape index (κ3) is 7.54. The molecule has 0 N–H and O–H groups in total. The molecule has 0 saturated carbocycles. The molecule has 0 radical (unpaired) electrons. The Morgan fingerprint density at radius 1 is 0.287 bits per heavy atom. The van der Waals surface area contributed by atoms with E-state index in [9.17, 15) is 0 Å². The van der Waals surface area contributed by atoms with E-state index in [0.717, 1.165) is 5.56 Å². The fourth-order valence-electron chi connectivity index (χ4n) is 19.2. The van der Waals surface area contributed by atoms with E-state index in [2.05, 4.69) is 357 Å². The van der Waals surface area contributed by atoms with Crippen molar-refractivity contribution in [1.29, 1.82) is 0 Å². The number of benzene rings is 16. The van der Waals surface area contributed by atoms with E-state index in [-0.39, 0.29) is 17.5 Å². The molecule has 0 atom stereocenters. The lowest BCUT2D eigenvalue weighted by Gasteiger charge is -2.36. The van der Waals surface area contributed by atoms with Gasteiger partial charge in [-0.2, -0.15) is 0 Å². The predicted octanol–water partition coefficient (Wildman–Crippen LogP) is 22.6. The van der Waals surface area contributed by atoms with E-state index in [1.165, 1.54) is 208 Å². The molecule has 0 bridgehead atoms. The molecule has 6 heterocycles. The summed E-state index contributed by atoms with van der Waals surface area (Å²) in [5.41, 5.74) is 25.4. The van der Waals surface area contributed by atoms with Gasteiger partial charge in [0.05, 0.1) is 16.6 Å². The first-order valence-electron chi connectivity index (χ1n) is 35.7. The average molecular weight is 1290 g/mol. The minimum absolute atomic E-state index is 0.197. The molecule has 16 aromatic carbocycles. The van der Waals surface area contributed by atoms with Crippen LogP contribution in [0.4, 0.5) is 0 Å². The second kappa shape index (κ2) is 20.2. The Labute approximate surface area is 584 Å². The molecule has 0 amide bonds. The summed E-state index contributed by atoms with van der Waals surface area (Å²) >= 11 is 0. The van der Waals surface area contributed by atoms with Gasteiger partial charge in [0.15, 0.2) is 0 Å². The number of aryl methyl sites for hydroxylation is 2. The van der Waals surface area contributed by atoms with Gasteiger partial charge in [-0.1, -0.05) is 258 Å². The van der Waals surface area contributed by atoms with Crippen LogP contribution in [0.5, 0.6) is 0 Å². The quantitative estimate of drug-likeness (QED) is 0.112. The van der Waals surface area contributed by atoms with Crippen LogP contribution in [0.2, 0.25) is 0 Å². The molecule has 474 valence electrons. The van der Waals surface area contributed by atoms with Crippen molar-refractivity contribution in [2.24, 2.45) is 14.1 Å². The molecule has 0 spiro atoms. The molecule has 0 aliphatic carbocycles. The largest absolute Gasteiger partial charge is 0.350 e. The number of fused-ring (bicyclic) bond motifs is 26. The summed E-state index contributed by atoms with van der Waals surface area (Å²) in [5.74, 6) is 0. The van der Waals surface area contributed by atoms with Crippen LogP contribution in [0.15, 0.2) is 297 Å². The summed E-state index contributed by atoms with van der Waals surface area (Å²) in [4.78, 5) is 0. The van der Waals surface area contributed by atoms with Gasteiger partial charge in [-0.15, -0.1) is 0 Å². The molecule has 20 aromatic rings. The lowest BCUT2D eigenvalue weighted by Crippen LogP contribution is -2.59. The number of aromatic nitrogens is 4. The lowest BCUT2D eigenvalue weighted by atomic mass is 9.34. The van der Waals surface area contributed by atoms with Gasteiger partial charge in [-0.05, 0) is 175 Å². The predicted molar refractivity (Wildman–Crippen MR) is 431 cm³/mol. The Kier molecular flexibility index (Phi) is 11.4. The summed E-state index contributed by atoms with van der Waals surface area (Å²) < 4.78 is 10.2. The van der Waals surface area contributed by atoms with Crippen molar-refractivity contribution in [3.8, 4) is 44.9 Å². The molecule has 0 unspecified atom stereocenters. The van der Waals surface area contributed by atoms with Gasteiger partial charge >= 0.3 is 0 Å². The molecular formula is C96H67BN4. The molecule has 0 fully saturated rings. The van der Waals surface area contributed by atoms with Gasteiger partial charge in [0.25, 0.3) is 6.71 Å². The first kappa shape index (κ1) is 56.8. The van der Waals surface area contributed by atoms with Gasteiger partial charge in [-0.25, -0.2) is 0 Å². The van der Waals surface area contributed by atoms with Gasteiger partial charge in [0, 0.05) is 113 Å². The zero-order valence-corrected chi connectivity index (χ0v) is 57.2. The Morgan fingerprint density at radius 3 is 1.44 bits per heavy atom. The van der Waals surface area contributed by atoms with Crippen LogP contribution < -0.4 is 16.4 Å². The molecular weight excluding hydrogens is 1220 g/mol. The maximum atomic E-state index is 2.77. The highest BCUT2D eigenvalue weighted by Crippen LogP contribution is 2.52. The molecule has 0 saturated heterocycles.